The lowest BCUT2D eigenvalue weighted by Gasteiger charge is -2.13. The summed E-state index contributed by atoms with van der Waals surface area (Å²) in [5.41, 5.74) is 1.85. The lowest BCUT2D eigenvalue weighted by Crippen LogP contribution is -2.13. The molecule has 0 atom stereocenters. The average Bonchev–Trinajstić information content (AvgIpc) is 2.98. The molecular formula is C20H15Cl2F3N2O2S. The van der Waals surface area contributed by atoms with Crippen molar-refractivity contribution in [2.75, 3.05) is 6.61 Å². The van der Waals surface area contributed by atoms with E-state index in [1.54, 1.807) is 54.0 Å². The lowest BCUT2D eigenvalue weighted by molar-refractivity contribution is -0.139. The Balaban J connectivity index is 1.99. The molecule has 0 bridgehead atoms. The van der Waals surface area contributed by atoms with E-state index in [1.165, 1.54) is 0 Å². The number of alkyl halides is 3. The van der Waals surface area contributed by atoms with Crippen LogP contribution in [0.15, 0.2) is 42.5 Å². The van der Waals surface area contributed by atoms with Crippen LogP contribution in [0.25, 0.3) is 17.1 Å². The van der Waals surface area contributed by atoms with E-state index in [2.05, 4.69) is 17.6 Å². The zero-order valence-electron chi connectivity index (χ0n) is 15.5. The molecule has 4 nitrogen and oxygen atoms in total. The predicted octanol–water partition coefficient (Wildman–Crippen LogP) is 6.56. The lowest BCUT2D eigenvalue weighted by atomic mass is 10.2. The molecule has 0 saturated carbocycles. The van der Waals surface area contributed by atoms with E-state index in [1.807, 2.05) is 0 Å². The minimum atomic E-state index is -4.28. The van der Waals surface area contributed by atoms with Crippen LogP contribution in [0.3, 0.4) is 0 Å². The number of ether oxygens (including phenoxy) is 1. The fourth-order valence-electron chi connectivity index (χ4n) is 2.85. The van der Waals surface area contributed by atoms with E-state index in [0.29, 0.717) is 32.8 Å². The van der Waals surface area contributed by atoms with E-state index in [0.717, 1.165) is 0 Å². The number of carbonyl (C=O) groups excluding carboxylic acids is 1. The molecule has 0 unspecified atom stereocenters. The molecular weight excluding hydrogens is 460 g/mol. The quantitative estimate of drug-likeness (QED) is 0.411. The predicted molar refractivity (Wildman–Crippen MR) is 113 cm³/mol. The molecule has 0 saturated heterocycles. The van der Waals surface area contributed by atoms with Crippen LogP contribution in [-0.4, -0.2) is 27.4 Å². The Kier molecular flexibility index (Phi) is 6.69. The van der Waals surface area contributed by atoms with Crippen LogP contribution in [0.1, 0.15) is 22.6 Å². The average molecular weight is 475 g/mol. The van der Waals surface area contributed by atoms with Crippen molar-refractivity contribution >= 4 is 40.9 Å². The number of hydrogen-bond acceptors (Lipinski definition) is 3. The summed E-state index contributed by atoms with van der Waals surface area (Å²) in [6, 6.07) is 11.3. The van der Waals surface area contributed by atoms with Gasteiger partial charge in [0.25, 0.3) is 0 Å². The zero-order valence-corrected chi connectivity index (χ0v) is 17.9. The molecule has 3 rings (SSSR count). The minimum absolute atomic E-state index is 0.157. The highest BCUT2D eigenvalue weighted by Gasteiger charge is 2.27. The van der Waals surface area contributed by atoms with Gasteiger partial charge in [-0.3, -0.25) is 9.36 Å². The van der Waals surface area contributed by atoms with Gasteiger partial charge in [0.2, 0.25) is 5.12 Å². The molecule has 0 radical (unpaired) electrons. The summed E-state index contributed by atoms with van der Waals surface area (Å²) < 4.78 is 43.7. The Morgan fingerprint density at radius 3 is 2.40 bits per heavy atom. The molecule has 0 fully saturated rings. The molecule has 3 aromatic rings. The number of benzene rings is 2. The number of nitrogens with zero attached hydrogens (tertiary/aromatic N) is 2. The van der Waals surface area contributed by atoms with Crippen molar-refractivity contribution in [2.24, 2.45) is 0 Å². The van der Waals surface area contributed by atoms with E-state index in [9.17, 15) is 18.0 Å². The number of halogens is 5. The second-order valence-electron chi connectivity index (χ2n) is 6.34. The second-order valence-corrected chi connectivity index (χ2v) is 7.59. The summed E-state index contributed by atoms with van der Waals surface area (Å²) in [6.07, 6.45) is -5.32. The Morgan fingerprint density at radius 2 is 1.83 bits per heavy atom. The molecule has 0 aliphatic carbocycles. The van der Waals surface area contributed by atoms with Crippen molar-refractivity contribution in [2.45, 2.75) is 19.5 Å². The number of hydrogen-bond donors (Lipinski definition) is 1. The van der Waals surface area contributed by atoms with Crippen molar-refractivity contribution < 1.29 is 22.7 Å². The maximum absolute atomic E-state index is 12.3. The van der Waals surface area contributed by atoms with Gasteiger partial charge < -0.3 is 4.74 Å². The maximum Gasteiger partial charge on any atom is 0.392 e. The van der Waals surface area contributed by atoms with Crippen LogP contribution in [0.2, 0.25) is 10.0 Å². The number of aromatic nitrogens is 2. The van der Waals surface area contributed by atoms with Crippen LogP contribution in [-0.2, 0) is 0 Å². The van der Waals surface area contributed by atoms with Gasteiger partial charge in [-0.2, -0.15) is 13.2 Å². The van der Waals surface area contributed by atoms with E-state index >= 15 is 0 Å². The molecule has 30 heavy (non-hydrogen) atoms. The summed E-state index contributed by atoms with van der Waals surface area (Å²) in [7, 11) is 0. The summed E-state index contributed by atoms with van der Waals surface area (Å²) in [4.78, 5) is 16.3. The summed E-state index contributed by atoms with van der Waals surface area (Å²) in [6.45, 7) is 1.23. The third-order valence-electron chi connectivity index (χ3n) is 4.23. The maximum atomic E-state index is 12.3. The van der Waals surface area contributed by atoms with Gasteiger partial charge in [0.05, 0.1) is 23.7 Å². The van der Waals surface area contributed by atoms with Crippen LogP contribution in [0, 0.1) is 6.92 Å². The molecule has 1 aromatic heterocycles. The Bertz CT molecular complexity index is 1080. The first-order chi connectivity index (χ1) is 14.1. The highest BCUT2D eigenvalue weighted by Crippen LogP contribution is 2.34. The molecule has 0 amide bonds. The van der Waals surface area contributed by atoms with Gasteiger partial charge in [-0.15, -0.1) is 0 Å². The molecule has 2 aromatic carbocycles. The van der Waals surface area contributed by atoms with Gasteiger partial charge in [-0.05, 0) is 49.4 Å². The molecule has 10 heteroatoms. The SMILES string of the molecule is Cc1c(C(=O)S)nc(-c2ccc(Cl)cc2Cl)n1-c1ccc(OCCC(F)(F)F)cc1. The zero-order chi connectivity index (χ0) is 22.1. The van der Waals surface area contributed by atoms with Crippen LogP contribution in [0.5, 0.6) is 5.75 Å². The van der Waals surface area contributed by atoms with Crippen LogP contribution >= 0.6 is 35.8 Å². The molecule has 0 N–H and O–H groups in total. The smallest absolute Gasteiger partial charge is 0.392 e. The molecule has 0 aliphatic heterocycles. The Hall–Kier alpha value is -2.16. The van der Waals surface area contributed by atoms with Crippen molar-refractivity contribution in [1.82, 2.24) is 9.55 Å². The number of thiol groups is 1. The van der Waals surface area contributed by atoms with Crippen molar-refractivity contribution in [3.8, 4) is 22.8 Å². The van der Waals surface area contributed by atoms with Crippen molar-refractivity contribution in [3.63, 3.8) is 0 Å². The third-order valence-corrected chi connectivity index (χ3v) is 4.99. The summed E-state index contributed by atoms with van der Waals surface area (Å²) >= 11 is 16.2. The standard InChI is InChI=1S/C20H15Cl2F3N2O2S/c1-11-17(19(28)30)26-18(15-7-2-12(21)10-16(15)22)27(11)13-3-5-14(6-4-13)29-9-8-20(23,24)25/h2-7,10H,8-9H2,1H3,(H,28,30). The number of carbonyl (C=O) groups is 1. The number of imidazole rings is 1. The Morgan fingerprint density at radius 1 is 1.17 bits per heavy atom. The Labute approximate surface area is 186 Å². The van der Waals surface area contributed by atoms with Gasteiger partial charge in [-0.1, -0.05) is 35.8 Å². The fraction of sp³-hybridized carbons (Fsp3) is 0.200. The topological polar surface area (TPSA) is 44.1 Å². The van der Waals surface area contributed by atoms with Crippen molar-refractivity contribution in [1.29, 1.82) is 0 Å². The minimum Gasteiger partial charge on any atom is -0.493 e. The van der Waals surface area contributed by atoms with Gasteiger partial charge in [0, 0.05) is 16.3 Å². The summed E-state index contributed by atoms with van der Waals surface area (Å²) in [5, 5.41) is 0.285. The fourth-order valence-corrected chi connectivity index (χ4v) is 3.55. The largest absolute Gasteiger partial charge is 0.493 e. The van der Waals surface area contributed by atoms with E-state index in [4.69, 9.17) is 27.9 Å². The molecule has 1 heterocycles. The molecule has 0 aliphatic rings. The first-order valence-electron chi connectivity index (χ1n) is 8.65. The third kappa shape index (κ3) is 5.11. The molecule has 0 spiro atoms. The van der Waals surface area contributed by atoms with Gasteiger partial charge in [-0.25, -0.2) is 4.98 Å². The normalized spacial score (nSPS) is 11.6. The number of rotatable bonds is 6. The van der Waals surface area contributed by atoms with Crippen LogP contribution in [0.4, 0.5) is 13.2 Å². The highest BCUT2D eigenvalue weighted by molar-refractivity contribution is 7.97. The second kappa shape index (κ2) is 8.91. The van der Waals surface area contributed by atoms with E-state index < -0.39 is 24.3 Å². The van der Waals surface area contributed by atoms with Gasteiger partial charge in [0.1, 0.15) is 17.3 Å². The van der Waals surface area contributed by atoms with Gasteiger partial charge >= 0.3 is 6.18 Å². The van der Waals surface area contributed by atoms with Crippen LogP contribution < -0.4 is 4.74 Å². The highest BCUT2D eigenvalue weighted by atomic mass is 35.5. The first kappa shape index (κ1) is 22.5. The van der Waals surface area contributed by atoms with Crippen molar-refractivity contribution in [3.05, 3.63) is 63.9 Å². The molecule has 158 valence electrons. The monoisotopic (exact) mass is 474 g/mol. The van der Waals surface area contributed by atoms with E-state index in [-0.39, 0.29) is 11.4 Å². The van der Waals surface area contributed by atoms with Gasteiger partial charge in [0.15, 0.2) is 0 Å². The summed E-state index contributed by atoms with van der Waals surface area (Å²) in [5.74, 6) is 0.689. The first-order valence-corrected chi connectivity index (χ1v) is 9.85.